The average Bonchev–Trinajstić information content (AvgIpc) is 2.39. The van der Waals surface area contributed by atoms with E-state index in [0.29, 0.717) is 17.4 Å². The molecule has 100 valence electrons. The molecule has 5 heteroatoms. The maximum atomic E-state index is 14.2. The first-order valence-corrected chi connectivity index (χ1v) is 6.77. The van der Waals surface area contributed by atoms with Gasteiger partial charge in [0.1, 0.15) is 0 Å². The van der Waals surface area contributed by atoms with Crippen molar-refractivity contribution in [2.24, 2.45) is 0 Å². The molecule has 1 aliphatic heterocycles. The molecule has 1 aromatic rings. The van der Waals surface area contributed by atoms with Crippen molar-refractivity contribution >= 4 is 17.4 Å². The first-order chi connectivity index (χ1) is 8.63. The quantitative estimate of drug-likeness (QED) is 0.788. The van der Waals surface area contributed by atoms with E-state index >= 15 is 0 Å². The maximum absolute atomic E-state index is 14.2. The Bertz CT molecular complexity index is 405. The van der Waals surface area contributed by atoms with Crippen LogP contribution in [0.4, 0.5) is 10.2 Å². The highest BCUT2D eigenvalue weighted by molar-refractivity contribution is 6.17. The van der Waals surface area contributed by atoms with Crippen molar-refractivity contribution < 1.29 is 4.39 Å². The van der Waals surface area contributed by atoms with Crippen molar-refractivity contribution in [3.8, 4) is 0 Å². The van der Waals surface area contributed by atoms with Gasteiger partial charge in [0.2, 0.25) is 0 Å². The molecule has 1 aromatic heterocycles. The van der Waals surface area contributed by atoms with E-state index in [1.54, 1.807) is 12.3 Å². The standard InChI is InChI=1S/C13H19ClFN3/c1-17-7-4-11(5-8-17)18(2)13-12(15)10(9-14)3-6-16-13/h3,6,11H,4-5,7-9H2,1-2H3. The number of piperidine rings is 1. The van der Waals surface area contributed by atoms with Gasteiger partial charge in [-0.25, -0.2) is 9.37 Å². The van der Waals surface area contributed by atoms with Crippen LogP contribution in [0.5, 0.6) is 0 Å². The second-order valence-electron chi connectivity index (χ2n) is 4.89. The summed E-state index contributed by atoms with van der Waals surface area (Å²) in [4.78, 5) is 8.41. The summed E-state index contributed by atoms with van der Waals surface area (Å²) in [6.45, 7) is 2.09. The normalized spacial score (nSPS) is 18.0. The number of hydrogen-bond donors (Lipinski definition) is 0. The van der Waals surface area contributed by atoms with E-state index in [9.17, 15) is 4.39 Å². The zero-order chi connectivity index (χ0) is 13.1. The van der Waals surface area contributed by atoms with Crippen LogP contribution in [0, 0.1) is 5.82 Å². The zero-order valence-electron chi connectivity index (χ0n) is 10.9. The summed E-state index contributed by atoms with van der Waals surface area (Å²) < 4.78 is 14.2. The first-order valence-electron chi connectivity index (χ1n) is 6.24. The molecule has 0 saturated carbocycles. The van der Waals surface area contributed by atoms with Gasteiger partial charge in [-0.3, -0.25) is 0 Å². The Morgan fingerprint density at radius 2 is 2.17 bits per heavy atom. The second kappa shape index (κ2) is 5.85. The van der Waals surface area contributed by atoms with E-state index < -0.39 is 0 Å². The molecule has 0 aliphatic carbocycles. The number of pyridine rings is 1. The Labute approximate surface area is 113 Å². The van der Waals surface area contributed by atoms with Gasteiger partial charge in [-0.05, 0) is 39.0 Å². The average molecular weight is 272 g/mol. The fraction of sp³-hybridized carbons (Fsp3) is 0.615. The van der Waals surface area contributed by atoms with Gasteiger partial charge in [-0.2, -0.15) is 0 Å². The minimum absolute atomic E-state index is 0.183. The zero-order valence-corrected chi connectivity index (χ0v) is 11.6. The third-order valence-corrected chi connectivity index (χ3v) is 3.95. The molecule has 0 atom stereocenters. The lowest BCUT2D eigenvalue weighted by molar-refractivity contribution is 0.252. The van der Waals surface area contributed by atoms with Crippen molar-refractivity contribution in [3.63, 3.8) is 0 Å². The molecular formula is C13H19ClFN3. The van der Waals surface area contributed by atoms with Crippen molar-refractivity contribution in [2.45, 2.75) is 24.8 Å². The number of aromatic nitrogens is 1. The molecule has 0 bridgehead atoms. The third kappa shape index (κ3) is 2.75. The maximum Gasteiger partial charge on any atom is 0.170 e. The van der Waals surface area contributed by atoms with Gasteiger partial charge >= 0.3 is 0 Å². The van der Waals surface area contributed by atoms with Gasteiger partial charge in [0.15, 0.2) is 11.6 Å². The van der Waals surface area contributed by atoms with Crippen molar-refractivity contribution in [1.29, 1.82) is 0 Å². The van der Waals surface area contributed by atoms with E-state index in [1.807, 2.05) is 11.9 Å². The topological polar surface area (TPSA) is 19.4 Å². The number of nitrogens with zero attached hydrogens (tertiary/aromatic N) is 3. The molecule has 0 amide bonds. The predicted molar refractivity (Wildman–Crippen MR) is 72.7 cm³/mol. The second-order valence-corrected chi connectivity index (χ2v) is 5.15. The summed E-state index contributed by atoms with van der Waals surface area (Å²) >= 11 is 5.72. The summed E-state index contributed by atoms with van der Waals surface area (Å²) in [6.07, 6.45) is 3.71. The Morgan fingerprint density at radius 3 is 2.78 bits per heavy atom. The lowest BCUT2D eigenvalue weighted by Crippen LogP contribution is -2.42. The lowest BCUT2D eigenvalue weighted by Gasteiger charge is -2.35. The molecule has 1 saturated heterocycles. The molecule has 0 aromatic carbocycles. The number of likely N-dealkylation sites (tertiary alicyclic amines) is 1. The van der Waals surface area contributed by atoms with E-state index in [4.69, 9.17) is 11.6 Å². The van der Waals surface area contributed by atoms with E-state index in [1.165, 1.54) is 0 Å². The van der Waals surface area contributed by atoms with Crippen LogP contribution in [0.1, 0.15) is 18.4 Å². The van der Waals surface area contributed by atoms with Gasteiger partial charge in [-0.15, -0.1) is 11.6 Å². The Hall–Kier alpha value is -0.870. The van der Waals surface area contributed by atoms with Crippen LogP contribution >= 0.6 is 11.6 Å². The van der Waals surface area contributed by atoms with E-state index in [-0.39, 0.29) is 11.7 Å². The number of halogens is 2. The number of alkyl halides is 1. The first kappa shape index (κ1) is 13.6. The molecule has 3 nitrogen and oxygen atoms in total. The van der Waals surface area contributed by atoms with Crippen LogP contribution in [-0.4, -0.2) is 43.1 Å². The van der Waals surface area contributed by atoms with Crippen LogP contribution in [0.25, 0.3) is 0 Å². The summed E-state index contributed by atoms with van der Waals surface area (Å²) in [5.74, 6) is 0.319. The fourth-order valence-electron chi connectivity index (χ4n) is 2.38. The fourth-order valence-corrected chi connectivity index (χ4v) is 2.58. The van der Waals surface area contributed by atoms with E-state index in [0.717, 1.165) is 25.9 Å². The highest BCUT2D eigenvalue weighted by Crippen LogP contribution is 2.24. The Kier molecular flexibility index (Phi) is 4.40. The SMILES string of the molecule is CN1CCC(N(C)c2nccc(CCl)c2F)CC1. The smallest absolute Gasteiger partial charge is 0.170 e. The minimum atomic E-state index is -0.283. The van der Waals surface area contributed by atoms with Crippen LogP contribution < -0.4 is 4.90 Å². The molecule has 1 aliphatic rings. The molecular weight excluding hydrogens is 253 g/mol. The summed E-state index contributed by atoms with van der Waals surface area (Å²) in [5, 5.41) is 0. The van der Waals surface area contributed by atoms with Crippen molar-refractivity contribution in [2.75, 3.05) is 32.1 Å². The predicted octanol–water partition coefficient (Wildman–Crippen LogP) is 2.49. The Morgan fingerprint density at radius 1 is 1.50 bits per heavy atom. The van der Waals surface area contributed by atoms with E-state index in [2.05, 4.69) is 16.9 Å². The van der Waals surface area contributed by atoms with Gasteiger partial charge in [-0.1, -0.05) is 0 Å². The lowest BCUT2D eigenvalue weighted by atomic mass is 10.0. The third-order valence-electron chi connectivity index (χ3n) is 3.66. The molecule has 0 unspecified atom stereocenters. The highest BCUT2D eigenvalue weighted by Gasteiger charge is 2.24. The molecule has 2 rings (SSSR count). The minimum Gasteiger partial charge on any atom is -0.354 e. The molecule has 0 spiro atoms. The van der Waals surface area contributed by atoms with Crippen LogP contribution in [0.15, 0.2) is 12.3 Å². The van der Waals surface area contributed by atoms with Crippen LogP contribution in [0.3, 0.4) is 0 Å². The van der Waals surface area contributed by atoms with Gasteiger partial charge in [0.25, 0.3) is 0 Å². The molecule has 1 fully saturated rings. The number of rotatable bonds is 3. The molecule has 2 heterocycles. The van der Waals surface area contributed by atoms with Gasteiger partial charge in [0, 0.05) is 24.8 Å². The monoisotopic (exact) mass is 271 g/mol. The highest BCUT2D eigenvalue weighted by atomic mass is 35.5. The summed E-state index contributed by atoms with van der Waals surface area (Å²) in [5.41, 5.74) is 0.515. The largest absolute Gasteiger partial charge is 0.354 e. The van der Waals surface area contributed by atoms with Crippen LogP contribution in [0.2, 0.25) is 0 Å². The Balaban J connectivity index is 2.15. The summed E-state index contributed by atoms with van der Waals surface area (Å²) in [6, 6.07) is 1.99. The van der Waals surface area contributed by atoms with Crippen molar-refractivity contribution in [3.05, 3.63) is 23.6 Å². The molecule has 0 radical (unpaired) electrons. The molecule has 18 heavy (non-hydrogen) atoms. The number of anilines is 1. The van der Waals surface area contributed by atoms with Gasteiger partial charge in [0.05, 0.1) is 5.88 Å². The van der Waals surface area contributed by atoms with Crippen molar-refractivity contribution in [1.82, 2.24) is 9.88 Å². The van der Waals surface area contributed by atoms with Crippen LogP contribution in [-0.2, 0) is 5.88 Å². The summed E-state index contributed by atoms with van der Waals surface area (Å²) in [7, 11) is 4.03. The number of hydrogen-bond acceptors (Lipinski definition) is 3. The van der Waals surface area contributed by atoms with Gasteiger partial charge < -0.3 is 9.80 Å². The molecule has 0 N–H and O–H groups in total.